The normalized spacial score (nSPS) is 22.9. The maximum Gasteiger partial charge on any atom is 0.322 e. The molecule has 2 aromatic rings. The van der Waals surface area contributed by atoms with E-state index < -0.39 is 18.1 Å². The first-order chi connectivity index (χ1) is 15.4. The van der Waals surface area contributed by atoms with Gasteiger partial charge in [-0.25, -0.2) is 4.79 Å². The quantitative estimate of drug-likeness (QED) is 0.805. The highest BCUT2D eigenvalue weighted by atomic mass is 16.2. The average molecular weight is 431 g/mol. The predicted octanol–water partition coefficient (Wildman–Crippen LogP) is 2.07. The molecule has 0 unspecified atom stereocenters. The molecular weight excluding hydrogens is 406 g/mol. The summed E-state index contributed by atoms with van der Waals surface area (Å²) in [6, 6.07) is 16.1. The lowest BCUT2D eigenvalue weighted by Gasteiger charge is -2.30. The number of amides is 4. The topological polar surface area (TPSA) is 96.8 Å². The van der Waals surface area contributed by atoms with E-state index in [1.54, 1.807) is 43.3 Å². The molecule has 0 aromatic heterocycles. The highest BCUT2D eigenvalue weighted by Crippen LogP contribution is 2.30. The fraction of sp³-hybridized carbons (Fsp3) is 0.333. The first-order valence-electron chi connectivity index (χ1n) is 10.6. The van der Waals surface area contributed by atoms with Crippen LogP contribution in [0.25, 0.3) is 0 Å². The molecule has 0 spiro atoms. The molecule has 4 amide bonds. The molecule has 0 bridgehead atoms. The second-order valence-corrected chi connectivity index (χ2v) is 8.22. The first-order valence-corrected chi connectivity index (χ1v) is 10.6. The van der Waals surface area contributed by atoms with Gasteiger partial charge in [0.1, 0.15) is 12.1 Å². The Bertz CT molecular complexity index is 1080. The highest BCUT2D eigenvalue weighted by molar-refractivity contribution is 5.98. The van der Waals surface area contributed by atoms with Crippen molar-refractivity contribution in [3.63, 3.8) is 0 Å². The summed E-state index contributed by atoms with van der Waals surface area (Å²) < 4.78 is 0. The van der Waals surface area contributed by atoms with Gasteiger partial charge in [0.2, 0.25) is 11.8 Å². The number of urea groups is 1. The third-order valence-electron chi connectivity index (χ3n) is 6.34. The van der Waals surface area contributed by atoms with Gasteiger partial charge in [-0.1, -0.05) is 36.4 Å². The van der Waals surface area contributed by atoms with E-state index in [0.717, 1.165) is 5.56 Å². The molecule has 8 nitrogen and oxygen atoms in total. The summed E-state index contributed by atoms with van der Waals surface area (Å²) >= 11 is 0. The molecule has 32 heavy (non-hydrogen) atoms. The summed E-state index contributed by atoms with van der Waals surface area (Å²) in [5, 5.41) is 11.9. The molecule has 8 heteroatoms. The summed E-state index contributed by atoms with van der Waals surface area (Å²) in [4.78, 5) is 44.4. The minimum Gasteiger partial charge on any atom is -0.338 e. The van der Waals surface area contributed by atoms with Crippen LogP contribution in [0.2, 0.25) is 0 Å². The fourth-order valence-corrected chi connectivity index (χ4v) is 4.56. The number of carbonyl (C=O) groups is 3. The third kappa shape index (κ3) is 3.89. The SMILES string of the molecule is CN1C(=O)[C@H](Cc2ccccc2)N(C)C(=O)[C@@H]2[C@H]1CCN2C(=O)Nc1cccc(C#N)c1. The van der Waals surface area contributed by atoms with Crippen LogP contribution in [0, 0.1) is 11.3 Å². The van der Waals surface area contributed by atoms with Crippen LogP contribution in [0.5, 0.6) is 0 Å². The number of likely N-dealkylation sites (N-methyl/N-ethyl adjacent to an activating group) is 2. The lowest BCUT2D eigenvalue weighted by atomic mass is 10.0. The molecule has 2 aliphatic rings. The van der Waals surface area contributed by atoms with Crippen molar-refractivity contribution in [3.8, 4) is 6.07 Å². The lowest BCUT2D eigenvalue weighted by Crippen LogP contribution is -2.53. The van der Waals surface area contributed by atoms with Crippen LogP contribution in [-0.2, 0) is 16.0 Å². The zero-order valence-corrected chi connectivity index (χ0v) is 18.1. The molecule has 0 saturated carbocycles. The summed E-state index contributed by atoms with van der Waals surface area (Å²) in [6.07, 6.45) is 0.940. The number of carbonyl (C=O) groups excluding carboxylic acids is 3. The number of fused-ring (bicyclic) bond motifs is 1. The Kier molecular flexibility index (Phi) is 5.82. The third-order valence-corrected chi connectivity index (χ3v) is 6.34. The monoisotopic (exact) mass is 431 g/mol. The number of benzene rings is 2. The van der Waals surface area contributed by atoms with E-state index in [1.807, 2.05) is 36.4 Å². The van der Waals surface area contributed by atoms with E-state index in [-0.39, 0.29) is 17.9 Å². The number of nitrogens with zero attached hydrogens (tertiary/aromatic N) is 4. The van der Waals surface area contributed by atoms with E-state index in [1.165, 1.54) is 9.80 Å². The van der Waals surface area contributed by atoms with Crippen molar-refractivity contribution in [3.05, 3.63) is 65.7 Å². The Labute approximate surface area is 187 Å². The number of likely N-dealkylation sites (tertiary alicyclic amines) is 1. The molecule has 2 aliphatic heterocycles. The molecule has 0 aliphatic carbocycles. The van der Waals surface area contributed by atoms with Gasteiger partial charge in [-0.3, -0.25) is 9.59 Å². The number of nitriles is 1. The first kappa shape index (κ1) is 21.4. The van der Waals surface area contributed by atoms with Gasteiger partial charge in [0.15, 0.2) is 0 Å². The summed E-state index contributed by atoms with van der Waals surface area (Å²) in [5.74, 6) is -0.367. The number of hydrogen-bond acceptors (Lipinski definition) is 4. The van der Waals surface area contributed by atoms with Crippen LogP contribution in [0.4, 0.5) is 10.5 Å². The van der Waals surface area contributed by atoms with Crippen molar-refractivity contribution in [1.82, 2.24) is 14.7 Å². The van der Waals surface area contributed by atoms with Gasteiger partial charge in [-0.2, -0.15) is 5.26 Å². The van der Waals surface area contributed by atoms with Gasteiger partial charge in [0.05, 0.1) is 17.7 Å². The molecule has 2 heterocycles. The Hall–Kier alpha value is -3.86. The molecule has 4 rings (SSSR count). The van der Waals surface area contributed by atoms with Gasteiger partial charge in [0.25, 0.3) is 0 Å². The zero-order chi connectivity index (χ0) is 22.8. The number of nitrogens with one attached hydrogen (secondary N) is 1. The van der Waals surface area contributed by atoms with Gasteiger partial charge in [-0.15, -0.1) is 0 Å². The molecule has 1 N–H and O–H groups in total. The fourth-order valence-electron chi connectivity index (χ4n) is 4.56. The van der Waals surface area contributed by atoms with Crippen LogP contribution in [0.15, 0.2) is 54.6 Å². The molecule has 2 saturated heterocycles. The average Bonchev–Trinajstić information content (AvgIpc) is 3.24. The molecule has 3 atom stereocenters. The van der Waals surface area contributed by atoms with Crippen LogP contribution < -0.4 is 5.32 Å². The highest BCUT2D eigenvalue weighted by Gasteiger charge is 2.51. The number of hydrogen-bond donors (Lipinski definition) is 1. The number of rotatable bonds is 3. The Balaban J connectivity index is 1.57. The largest absolute Gasteiger partial charge is 0.338 e. The standard InChI is InChI=1S/C24H25N5O3/c1-27-19-11-12-29(24(32)26-18-10-6-9-17(13-18)15-25)21(19)23(31)28(2)20(22(27)30)14-16-7-4-3-5-8-16/h3-10,13,19-21H,11-12,14H2,1-2H3,(H,26,32)/t19-,20+,21+/m1/s1. The minimum atomic E-state index is -0.756. The zero-order valence-electron chi connectivity index (χ0n) is 18.1. The van der Waals surface area contributed by atoms with Crippen molar-refractivity contribution >= 4 is 23.5 Å². The van der Waals surface area contributed by atoms with E-state index in [4.69, 9.17) is 5.26 Å². The van der Waals surface area contributed by atoms with Crippen molar-refractivity contribution < 1.29 is 14.4 Å². The number of anilines is 1. The van der Waals surface area contributed by atoms with Gasteiger partial charge < -0.3 is 20.0 Å². The summed E-state index contributed by atoms with van der Waals surface area (Å²) in [7, 11) is 3.34. The minimum absolute atomic E-state index is 0.124. The van der Waals surface area contributed by atoms with Crippen molar-refractivity contribution in [2.45, 2.75) is 31.0 Å². The maximum atomic E-state index is 13.5. The van der Waals surface area contributed by atoms with Crippen LogP contribution in [0.3, 0.4) is 0 Å². The second kappa shape index (κ2) is 8.71. The van der Waals surface area contributed by atoms with Crippen LogP contribution in [0.1, 0.15) is 17.5 Å². The molecule has 2 fully saturated rings. The molecule has 0 radical (unpaired) electrons. The molecule has 2 aromatic carbocycles. The van der Waals surface area contributed by atoms with E-state index in [0.29, 0.717) is 30.6 Å². The van der Waals surface area contributed by atoms with Crippen LogP contribution >= 0.6 is 0 Å². The summed E-state index contributed by atoms with van der Waals surface area (Å²) in [6.45, 7) is 0.361. The van der Waals surface area contributed by atoms with Crippen LogP contribution in [-0.4, -0.2) is 71.3 Å². The van der Waals surface area contributed by atoms with Crippen molar-refractivity contribution in [2.75, 3.05) is 26.0 Å². The van der Waals surface area contributed by atoms with Gasteiger partial charge >= 0.3 is 6.03 Å². The molecular formula is C24H25N5O3. The maximum absolute atomic E-state index is 13.5. The predicted molar refractivity (Wildman–Crippen MR) is 119 cm³/mol. The molecule has 164 valence electrons. The van der Waals surface area contributed by atoms with Crippen molar-refractivity contribution in [2.24, 2.45) is 0 Å². The Morgan fingerprint density at radius 3 is 2.53 bits per heavy atom. The van der Waals surface area contributed by atoms with Crippen molar-refractivity contribution in [1.29, 1.82) is 5.26 Å². The Morgan fingerprint density at radius 1 is 1.06 bits per heavy atom. The van der Waals surface area contributed by atoms with E-state index >= 15 is 0 Å². The summed E-state index contributed by atoms with van der Waals surface area (Å²) in [5.41, 5.74) is 1.89. The second-order valence-electron chi connectivity index (χ2n) is 8.22. The smallest absolute Gasteiger partial charge is 0.322 e. The van der Waals surface area contributed by atoms with Gasteiger partial charge in [-0.05, 0) is 30.2 Å². The lowest BCUT2D eigenvalue weighted by molar-refractivity contribution is -0.140. The van der Waals surface area contributed by atoms with Gasteiger partial charge in [0, 0.05) is 32.7 Å². The Morgan fingerprint density at radius 2 is 1.81 bits per heavy atom. The van der Waals surface area contributed by atoms with E-state index in [9.17, 15) is 14.4 Å². The van der Waals surface area contributed by atoms with E-state index in [2.05, 4.69) is 5.32 Å².